The molecule has 0 bridgehead atoms. The van der Waals surface area contributed by atoms with Crippen LogP contribution in [0.15, 0.2) is 36.8 Å². The van der Waals surface area contributed by atoms with Gasteiger partial charge in [0.2, 0.25) is 0 Å². The van der Waals surface area contributed by atoms with Crippen molar-refractivity contribution in [3.63, 3.8) is 0 Å². The molecule has 14 heavy (non-hydrogen) atoms. The van der Waals surface area contributed by atoms with E-state index in [0.29, 0.717) is 11.7 Å². The lowest BCUT2D eigenvalue weighted by molar-refractivity contribution is 0.797. The summed E-state index contributed by atoms with van der Waals surface area (Å²) in [5.74, 6) is 0. The van der Waals surface area contributed by atoms with E-state index in [1.165, 1.54) is 0 Å². The van der Waals surface area contributed by atoms with Crippen molar-refractivity contribution in [1.29, 1.82) is 0 Å². The van der Waals surface area contributed by atoms with E-state index in [1.54, 1.807) is 12.5 Å². The number of halogens is 2. The quantitative estimate of drug-likeness (QED) is 0.769. The lowest BCUT2D eigenvalue weighted by Crippen LogP contribution is -1.96. The maximum Gasteiger partial charge on any atom is 0.146 e. The molecule has 2 rings (SSSR count). The molecule has 1 aromatic heterocycles. The Labute approximate surface area is 92.1 Å². The maximum atomic E-state index is 6.01. The van der Waals surface area contributed by atoms with Crippen molar-refractivity contribution in [2.24, 2.45) is 0 Å². The van der Waals surface area contributed by atoms with Gasteiger partial charge >= 0.3 is 0 Å². The van der Waals surface area contributed by atoms with Crippen molar-refractivity contribution < 1.29 is 0 Å². The molecule has 0 unspecified atom stereocenters. The average Bonchev–Trinajstić information content (AvgIpc) is 2.56. The molecular weight excluding hydrogens is 219 g/mol. The first-order chi connectivity index (χ1) is 6.75. The minimum absolute atomic E-state index is 0.497. The number of aromatic nitrogens is 2. The molecule has 0 aliphatic carbocycles. The highest BCUT2D eigenvalue weighted by Gasteiger charge is 2.00. The second kappa shape index (κ2) is 4.03. The summed E-state index contributed by atoms with van der Waals surface area (Å²) < 4.78 is 1.89. The van der Waals surface area contributed by atoms with Crippen LogP contribution in [0.4, 0.5) is 0 Å². The predicted octanol–water partition coefficient (Wildman–Crippen LogP) is 3.24. The Morgan fingerprint density at radius 3 is 2.64 bits per heavy atom. The fourth-order valence-corrected chi connectivity index (χ4v) is 1.61. The molecule has 2 aromatic rings. The molecule has 0 radical (unpaired) electrons. The van der Waals surface area contributed by atoms with Crippen LogP contribution >= 0.6 is 23.2 Å². The number of benzene rings is 1. The molecule has 0 N–H and O–H groups in total. The summed E-state index contributed by atoms with van der Waals surface area (Å²) in [5.41, 5.74) is 1.06. The first-order valence-electron chi connectivity index (χ1n) is 4.16. The molecular formula is C10H8Cl2N2. The van der Waals surface area contributed by atoms with Gasteiger partial charge in [-0.2, -0.15) is 0 Å². The van der Waals surface area contributed by atoms with Crippen LogP contribution in [0, 0.1) is 0 Å². The SMILES string of the molecule is Clc1cn(Cc2ccccc2Cl)cn1. The number of rotatable bonds is 2. The third-order valence-electron chi connectivity index (χ3n) is 1.91. The summed E-state index contributed by atoms with van der Waals surface area (Å²) in [5, 5.41) is 1.26. The molecule has 0 fully saturated rings. The van der Waals surface area contributed by atoms with Crippen molar-refractivity contribution in [2.45, 2.75) is 6.54 Å². The zero-order valence-corrected chi connectivity index (χ0v) is 8.83. The normalized spacial score (nSPS) is 10.4. The second-order valence-electron chi connectivity index (χ2n) is 2.96. The molecule has 0 amide bonds. The minimum atomic E-state index is 0.497. The van der Waals surface area contributed by atoms with Gasteiger partial charge in [-0.15, -0.1) is 0 Å². The summed E-state index contributed by atoms with van der Waals surface area (Å²) in [6.45, 7) is 0.694. The number of hydrogen-bond donors (Lipinski definition) is 0. The molecule has 72 valence electrons. The van der Waals surface area contributed by atoms with Crippen LogP contribution in [-0.2, 0) is 6.54 Å². The first kappa shape index (κ1) is 9.56. The third-order valence-corrected chi connectivity index (χ3v) is 2.48. The Kier molecular flexibility index (Phi) is 2.75. The van der Waals surface area contributed by atoms with E-state index in [-0.39, 0.29) is 0 Å². The van der Waals surface area contributed by atoms with E-state index in [1.807, 2.05) is 28.8 Å². The number of hydrogen-bond acceptors (Lipinski definition) is 1. The summed E-state index contributed by atoms with van der Waals surface area (Å²) in [6, 6.07) is 7.72. The Morgan fingerprint density at radius 1 is 1.21 bits per heavy atom. The summed E-state index contributed by atoms with van der Waals surface area (Å²) >= 11 is 11.7. The molecule has 4 heteroatoms. The summed E-state index contributed by atoms with van der Waals surface area (Å²) in [4.78, 5) is 3.93. The summed E-state index contributed by atoms with van der Waals surface area (Å²) in [6.07, 6.45) is 3.45. The van der Waals surface area contributed by atoms with Crippen LogP contribution in [-0.4, -0.2) is 9.55 Å². The van der Waals surface area contributed by atoms with Gasteiger partial charge in [0, 0.05) is 11.2 Å². The smallest absolute Gasteiger partial charge is 0.146 e. The van der Waals surface area contributed by atoms with Gasteiger partial charge in [0.1, 0.15) is 5.15 Å². The van der Waals surface area contributed by atoms with Crippen LogP contribution in [0.2, 0.25) is 10.2 Å². The molecule has 0 saturated heterocycles. The molecule has 2 nitrogen and oxygen atoms in total. The maximum absolute atomic E-state index is 6.01. The Hall–Kier alpha value is -0.990. The number of nitrogens with zero attached hydrogens (tertiary/aromatic N) is 2. The van der Waals surface area contributed by atoms with Crippen molar-refractivity contribution in [2.75, 3.05) is 0 Å². The van der Waals surface area contributed by atoms with Gasteiger partial charge in [-0.25, -0.2) is 4.98 Å². The van der Waals surface area contributed by atoms with E-state index in [9.17, 15) is 0 Å². The van der Waals surface area contributed by atoms with E-state index < -0.39 is 0 Å². The van der Waals surface area contributed by atoms with Gasteiger partial charge < -0.3 is 4.57 Å². The third kappa shape index (κ3) is 2.08. The molecule has 0 spiro atoms. The Bertz CT molecular complexity index is 437. The van der Waals surface area contributed by atoms with Crippen molar-refractivity contribution >= 4 is 23.2 Å². The van der Waals surface area contributed by atoms with E-state index in [0.717, 1.165) is 10.6 Å². The zero-order valence-electron chi connectivity index (χ0n) is 7.32. The minimum Gasteiger partial charge on any atom is -0.331 e. The molecule has 1 heterocycles. The van der Waals surface area contributed by atoms with Gasteiger partial charge in [0.15, 0.2) is 0 Å². The molecule has 0 saturated carbocycles. The number of imidazole rings is 1. The van der Waals surface area contributed by atoms with Crippen molar-refractivity contribution in [3.8, 4) is 0 Å². The van der Waals surface area contributed by atoms with Crippen LogP contribution in [0.5, 0.6) is 0 Å². The van der Waals surface area contributed by atoms with Crippen molar-refractivity contribution in [1.82, 2.24) is 9.55 Å². The van der Waals surface area contributed by atoms with Crippen LogP contribution in [0.1, 0.15) is 5.56 Å². The fraction of sp³-hybridized carbons (Fsp3) is 0.100. The first-order valence-corrected chi connectivity index (χ1v) is 4.92. The predicted molar refractivity (Wildman–Crippen MR) is 57.8 cm³/mol. The van der Waals surface area contributed by atoms with Crippen molar-refractivity contribution in [3.05, 3.63) is 52.5 Å². The molecule has 0 aliphatic rings. The fourth-order valence-electron chi connectivity index (χ4n) is 1.24. The monoisotopic (exact) mass is 226 g/mol. The molecule has 0 aliphatic heterocycles. The topological polar surface area (TPSA) is 17.8 Å². The summed E-state index contributed by atoms with van der Waals surface area (Å²) in [7, 11) is 0. The lowest BCUT2D eigenvalue weighted by Gasteiger charge is -2.03. The largest absolute Gasteiger partial charge is 0.331 e. The lowest BCUT2D eigenvalue weighted by atomic mass is 10.2. The standard InChI is InChI=1S/C10H8Cl2N2/c11-9-4-2-1-3-8(9)5-14-6-10(12)13-7-14/h1-4,6-7H,5H2. The highest BCUT2D eigenvalue weighted by atomic mass is 35.5. The van der Waals surface area contributed by atoms with E-state index in [4.69, 9.17) is 23.2 Å². The van der Waals surface area contributed by atoms with E-state index in [2.05, 4.69) is 4.98 Å². The second-order valence-corrected chi connectivity index (χ2v) is 3.75. The Morgan fingerprint density at radius 2 is 2.00 bits per heavy atom. The Balaban J connectivity index is 2.23. The van der Waals surface area contributed by atoms with Gasteiger partial charge in [-0.3, -0.25) is 0 Å². The van der Waals surface area contributed by atoms with Gasteiger partial charge in [0.05, 0.1) is 12.9 Å². The highest BCUT2D eigenvalue weighted by Crippen LogP contribution is 2.16. The molecule has 1 aromatic carbocycles. The van der Waals surface area contributed by atoms with Gasteiger partial charge in [-0.05, 0) is 11.6 Å². The van der Waals surface area contributed by atoms with Crippen LogP contribution in [0.25, 0.3) is 0 Å². The van der Waals surface area contributed by atoms with Gasteiger partial charge in [0.25, 0.3) is 0 Å². The van der Waals surface area contributed by atoms with Crippen LogP contribution in [0.3, 0.4) is 0 Å². The highest BCUT2D eigenvalue weighted by molar-refractivity contribution is 6.31. The zero-order chi connectivity index (χ0) is 9.97. The average molecular weight is 227 g/mol. The van der Waals surface area contributed by atoms with Gasteiger partial charge in [-0.1, -0.05) is 41.4 Å². The molecule has 0 atom stereocenters. The van der Waals surface area contributed by atoms with Crippen LogP contribution < -0.4 is 0 Å². The van der Waals surface area contributed by atoms with E-state index >= 15 is 0 Å².